The van der Waals surface area contributed by atoms with E-state index in [1.807, 2.05) is 0 Å². The van der Waals surface area contributed by atoms with Gasteiger partial charge in [-0.2, -0.15) is 0 Å². The van der Waals surface area contributed by atoms with Crippen LogP contribution in [-0.2, 0) is 19.1 Å². The van der Waals surface area contributed by atoms with E-state index < -0.39 is 6.10 Å². The van der Waals surface area contributed by atoms with Crippen molar-refractivity contribution in [2.45, 2.75) is 341 Å². The van der Waals surface area contributed by atoms with Crippen LogP contribution in [0.4, 0.5) is 0 Å². The molecule has 0 spiro atoms. The van der Waals surface area contributed by atoms with Crippen molar-refractivity contribution in [3.63, 3.8) is 0 Å². The van der Waals surface area contributed by atoms with Crippen LogP contribution in [0.25, 0.3) is 0 Å². The highest BCUT2D eigenvalue weighted by Crippen LogP contribution is 2.17. The zero-order valence-corrected chi connectivity index (χ0v) is 54.0. The van der Waals surface area contributed by atoms with Gasteiger partial charge in [-0.05, 0) is 109 Å². The number of aliphatic hydroxyl groups excluding tert-OH is 1. The Kier molecular flexibility index (Phi) is 68.3. The minimum absolute atomic E-state index is 0.0669. The Bertz CT molecular complexity index is 1620. The first-order chi connectivity index (χ1) is 40.6. The molecule has 0 aromatic heterocycles. The maximum atomic E-state index is 12.4. The number of aliphatic hydroxyl groups is 1. The van der Waals surface area contributed by atoms with E-state index in [0.29, 0.717) is 12.8 Å². The van der Waals surface area contributed by atoms with Crippen molar-refractivity contribution in [2.75, 3.05) is 13.2 Å². The predicted molar refractivity (Wildman–Crippen MR) is 362 cm³/mol. The highest BCUT2D eigenvalue weighted by Gasteiger charge is 2.16. The summed E-state index contributed by atoms with van der Waals surface area (Å²) < 4.78 is 10.8. The molecule has 1 atom stereocenters. The second kappa shape index (κ2) is 71.6. The summed E-state index contributed by atoms with van der Waals surface area (Å²) in [6.07, 6.45) is 105. The highest BCUT2D eigenvalue weighted by molar-refractivity contribution is 5.70. The molecule has 0 rings (SSSR count). The van der Waals surface area contributed by atoms with E-state index in [4.69, 9.17) is 9.47 Å². The molecule has 5 nitrogen and oxygen atoms in total. The van der Waals surface area contributed by atoms with E-state index in [2.05, 4.69) is 135 Å². The van der Waals surface area contributed by atoms with E-state index in [1.54, 1.807) is 0 Å². The highest BCUT2D eigenvalue weighted by atomic mass is 16.6. The summed E-state index contributed by atoms with van der Waals surface area (Å²) in [4.78, 5) is 24.7. The lowest BCUT2D eigenvalue weighted by molar-refractivity contribution is -0.161. The lowest BCUT2D eigenvalue weighted by atomic mass is 10.0. The molecule has 82 heavy (non-hydrogen) atoms. The fraction of sp³-hybridized carbons (Fsp3) is 0.714. The molecule has 0 saturated heterocycles. The van der Waals surface area contributed by atoms with Gasteiger partial charge in [0.1, 0.15) is 6.61 Å². The van der Waals surface area contributed by atoms with Crippen molar-refractivity contribution < 1.29 is 24.2 Å². The number of allylic oxidation sites excluding steroid dienone is 20. The lowest BCUT2D eigenvalue weighted by Gasteiger charge is -2.15. The third-order valence-electron chi connectivity index (χ3n) is 15.2. The maximum absolute atomic E-state index is 12.4. The molecule has 5 heteroatoms. The summed E-state index contributed by atoms with van der Waals surface area (Å²) in [6.45, 7) is 4.05. The SMILES string of the molecule is CC/C=C\C/C=C\C/C=C\C/C=C\C/C=C\C/C=C\C/C=C\C/C=C\CCCCCCCCCCCCCCCCCCC(=O)OC(CO)COC(=O)CCCCCCCCCCCCCCCCC/C=C\C/C=C\CCCCCCC. The van der Waals surface area contributed by atoms with Gasteiger partial charge < -0.3 is 14.6 Å². The number of hydrogen-bond donors (Lipinski definition) is 1. The molecule has 470 valence electrons. The standard InChI is InChI=1S/C77H132O5/c1-3-5-7-9-11-13-15-17-19-21-23-25-27-29-31-32-33-34-35-36-37-38-39-40-41-42-43-44-46-48-50-52-54-56-58-60-62-64-66-68-70-72-77(80)82-75(73-78)74-81-76(79)71-69-67-65-63-61-59-57-55-53-51-49-47-45-30-28-26-24-22-20-18-16-14-12-10-8-6-4-2/h5,7,11,13,16-19,22-25,29,31,33-34,36-37,39-40,75,78H,3-4,6,8-10,12,14-15,20-21,26-28,30,32,35,38,41-74H2,1-2H3/b7-5-,13-11-,18-16-,19-17-,24-22-,25-23-,31-29-,34-33-,37-36-,40-39-. The first-order valence-electron chi connectivity index (χ1n) is 35.1. The molecule has 0 aliphatic heterocycles. The van der Waals surface area contributed by atoms with Crippen LogP contribution in [0, 0.1) is 0 Å². The van der Waals surface area contributed by atoms with Crippen molar-refractivity contribution in [2.24, 2.45) is 0 Å². The van der Waals surface area contributed by atoms with Crippen molar-refractivity contribution in [3.05, 3.63) is 122 Å². The van der Waals surface area contributed by atoms with Gasteiger partial charge in [0.2, 0.25) is 0 Å². The van der Waals surface area contributed by atoms with Crippen LogP contribution < -0.4 is 0 Å². The average molecular weight is 1140 g/mol. The predicted octanol–water partition coefficient (Wildman–Crippen LogP) is 24.5. The zero-order chi connectivity index (χ0) is 59.1. The van der Waals surface area contributed by atoms with Gasteiger partial charge >= 0.3 is 11.9 Å². The van der Waals surface area contributed by atoms with E-state index in [-0.39, 0.29) is 25.2 Å². The normalized spacial score (nSPS) is 13.0. The zero-order valence-electron chi connectivity index (χ0n) is 54.0. The summed E-state index contributed by atoms with van der Waals surface area (Å²) in [6, 6.07) is 0. The van der Waals surface area contributed by atoms with E-state index in [0.717, 1.165) is 96.3 Å². The third-order valence-corrected chi connectivity index (χ3v) is 15.2. The molecule has 0 heterocycles. The smallest absolute Gasteiger partial charge is 0.306 e. The van der Waals surface area contributed by atoms with Gasteiger partial charge in [0.15, 0.2) is 6.10 Å². The third kappa shape index (κ3) is 68.8. The minimum Gasteiger partial charge on any atom is -0.462 e. The molecule has 0 amide bonds. The van der Waals surface area contributed by atoms with E-state index in [1.165, 1.54) is 212 Å². The molecule has 0 aliphatic carbocycles. The number of rotatable bonds is 64. The molecule has 0 saturated carbocycles. The summed E-state index contributed by atoms with van der Waals surface area (Å²) in [5.74, 6) is -0.581. The van der Waals surface area contributed by atoms with Gasteiger partial charge in [0.05, 0.1) is 6.61 Å². The Labute approximate surface area is 509 Å². The number of hydrogen-bond acceptors (Lipinski definition) is 5. The fourth-order valence-electron chi connectivity index (χ4n) is 10.0. The second-order valence-electron chi connectivity index (χ2n) is 23.2. The minimum atomic E-state index is -0.778. The van der Waals surface area contributed by atoms with Crippen LogP contribution in [0.1, 0.15) is 335 Å². The molecule has 0 aromatic carbocycles. The Morgan fingerprint density at radius 1 is 0.293 bits per heavy atom. The van der Waals surface area contributed by atoms with Crippen LogP contribution in [0.2, 0.25) is 0 Å². The van der Waals surface area contributed by atoms with Gasteiger partial charge in [-0.3, -0.25) is 9.59 Å². The maximum Gasteiger partial charge on any atom is 0.306 e. The fourth-order valence-corrected chi connectivity index (χ4v) is 10.0. The van der Waals surface area contributed by atoms with Gasteiger partial charge in [-0.15, -0.1) is 0 Å². The summed E-state index contributed by atoms with van der Waals surface area (Å²) in [5, 5.41) is 9.70. The number of carbonyl (C=O) groups is 2. The van der Waals surface area contributed by atoms with Crippen LogP contribution in [0.15, 0.2) is 122 Å². The molecular formula is C77H132O5. The first-order valence-corrected chi connectivity index (χ1v) is 35.1. The molecule has 0 aliphatic rings. The van der Waals surface area contributed by atoms with Crippen LogP contribution in [-0.4, -0.2) is 36.4 Å². The van der Waals surface area contributed by atoms with Crippen molar-refractivity contribution in [1.29, 1.82) is 0 Å². The molecule has 0 fully saturated rings. The number of ether oxygens (including phenoxy) is 2. The number of esters is 2. The van der Waals surface area contributed by atoms with Crippen molar-refractivity contribution in [1.82, 2.24) is 0 Å². The number of unbranched alkanes of at least 4 members (excludes halogenated alkanes) is 36. The van der Waals surface area contributed by atoms with Gasteiger partial charge in [-0.25, -0.2) is 0 Å². The lowest BCUT2D eigenvalue weighted by Crippen LogP contribution is -2.28. The molecule has 0 radical (unpaired) electrons. The van der Waals surface area contributed by atoms with Gasteiger partial charge in [-0.1, -0.05) is 334 Å². The monoisotopic (exact) mass is 1140 g/mol. The Hall–Kier alpha value is -3.70. The largest absolute Gasteiger partial charge is 0.462 e. The molecule has 1 unspecified atom stereocenters. The van der Waals surface area contributed by atoms with Crippen molar-refractivity contribution >= 4 is 11.9 Å². The van der Waals surface area contributed by atoms with Crippen LogP contribution in [0.5, 0.6) is 0 Å². The molecule has 0 bridgehead atoms. The quantitative estimate of drug-likeness (QED) is 0.0373. The van der Waals surface area contributed by atoms with Gasteiger partial charge in [0.25, 0.3) is 0 Å². The summed E-state index contributed by atoms with van der Waals surface area (Å²) >= 11 is 0. The molecule has 0 aromatic rings. The molecule has 1 N–H and O–H groups in total. The van der Waals surface area contributed by atoms with Crippen LogP contribution >= 0.6 is 0 Å². The van der Waals surface area contributed by atoms with Crippen LogP contribution in [0.3, 0.4) is 0 Å². The number of carbonyl (C=O) groups excluding carboxylic acids is 2. The Morgan fingerprint density at radius 2 is 0.524 bits per heavy atom. The van der Waals surface area contributed by atoms with Crippen molar-refractivity contribution in [3.8, 4) is 0 Å². The Balaban J connectivity index is 3.48. The first kappa shape index (κ1) is 78.3. The average Bonchev–Trinajstić information content (AvgIpc) is 3.49. The van der Waals surface area contributed by atoms with E-state index >= 15 is 0 Å². The van der Waals surface area contributed by atoms with Gasteiger partial charge in [0, 0.05) is 12.8 Å². The summed E-state index contributed by atoms with van der Waals surface area (Å²) in [7, 11) is 0. The summed E-state index contributed by atoms with van der Waals surface area (Å²) in [5.41, 5.74) is 0. The second-order valence-corrected chi connectivity index (χ2v) is 23.2. The van der Waals surface area contributed by atoms with E-state index in [9.17, 15) is 14.7 Å². The molecular weight excluding hydrogens is 1000 g/mol. The topological polar surface area (TPSA) is 72.8 Å². The Morgan fingerprint density at radius 3 is 0.793 bits per heavy atom.